The van der Waals surface area contributed by atoms with Crippen molar-refractivity contribution in [3.05, 3.63) is 0 Å². The van der Waals surface area contributed by atoms with E-state index in [1.54, 1.807) is 69.2 Å². The molecule has 0 radical (unpaired) electrons. The van der Waals surface area contributed by atoms with Crippen LogP contribution in [0.4, 0.5) is 9.59 Å². The van der Waals surface area contributed by atoms with E-state index in [0.29, 0.717) is 0 Å². The van der Waals surface area contributed by atoms with Crippen LogP contribution in [0.2, 0.25) is 0 Å². The number of aliphatic hydroxyl groups is 1. The number of hydrogen-bond donors (Lipinski definition) is 5. The van der Waals surface area contributed by atoms with Crippen LogP contribution in [0.5, 0.6) is 0 Å². The first-order valence-electron chi connectivity index (χ1n) is 11.5. The summed E-state index contributed by atoms with van der Waals surface area (Å²) in [6.45, 7) is 17.1. The maximum Gasteiger partial charge on any atom is 0.408 e. The Morgan fingerprint density at radius 2 is 0.971 bits per heavy atom. The zero-order valence-corrected chi connectivity index (χ0v) is 22.2. The molecule has 0 aromatic carbocycles. The molecule has 198 valence electrons. The van der Waals surface area contributed by atoms with Crippen molar-refractivity contribution in [1.29, 1.82) is 0 Å². The second kappa shape index (κ2) is 13.4. The molecule has 11 heteroatoms. The summed E-state index contributed by atoms with van der Waals surface area (Å²) in [6.07, 6.45) is -2.52. The Labute approximate surface area is 203 Å². The highest BCUT2D eigenvalue weighted by atomic mass is 16.6. The molecular weight excluding hydrogens is 444 g/mol. The fourth-order valence-electron chi connectivity index (χ4n) is 2.67. The van der Waals surface area contributed by atoms with Gasteiger partial charge in [-0.2, -0.15) is 0 Å². The van der Waals surface area contributed by atoms with Gasteiger partial charge in [0, 0.05) is 13.1 Å². The summed E-state index contributed by atoms with van der Waals surface area (Å²) < 4.78 is 10.4. The van der Waals surface area contributed by atoms with Gasteiger partial charge in [0.15, 0.2) is 0 Å². The molecule has 0 aromatic rings. The average Bonchev–Trinajstić information content (AvgIpc) is 2.63. The molecule has 0 saturated carbocycles. The quantitative estimate of drug-likeness (QED) is 0.313. The van der Waals surface area contributed by atoms with Crippen molar-refractivity contribution in [3.8, 4) is 0 Å². The molecule has 4 amide bonds. The zero-order chi connectivity index (χ0) is 26.9. The highest BCUT2D eigenvalue weighted by Gasteiger charge is 2.29. The molecule has 5 N–H and O–H groups in total. The van der Waals surface area contributed by atoms with Crippen molar-refractivity contribution >= 4 is 24.0 Å². The third kappa shape index (κ3) is 13.9. The lowest BCUT2D eigenvalue weighted by molar-refractivity contribution is -0.124. The SMILES string of the molecule is CC(C)[C@H](NC(=O)OC(C)(C)C)C(=O)NCC(O)CNC(=O)[C@@H](NC(=O)OC(C)(C)C)C(C)C. The van der Waals surface area contributed by atoms with E-state index in [1.807, 2.05) is 0 Å². The Morgan fingerprint density at radius 3 is 1.21 bits per heavy atom. The van der Waals surface area contributed by atoms with Gasteiger partial charge >= 0.3 is 12.2 Å². The topological polar surface area (TPSA) is 155 Å². The second-order valence-corrected chi connectivity index (χ2v) is 10.9. The van der Waals surface area contributed by atoms with Crippen molar-refractivity contribution < 1.29 is 33.8 Å². The average molecular weight is 489 g/mol. The fourth-order valence-corrected chi connectivity index (χ4v) is 2.67. The predicted octanol–water partition coefficient (Wildman–Crippen LogP) is 1.68. The summed E-state index contributed by atoms with van der Waals surface area (Å²) in [5, 5.41) is 20.4. The van der Waals surface area contributed by atoms with Gasteiger partial charge in [-0.1, -0.05) is 27.7 Å². The van der Waals surface area contributed by atoms with Crippen LogP contribution in [-0.2, 0) is 19.1 Å². The first kappa shape index (κ1) is 31.4. The lowest BCUT2D eigenvalue weighted by Crippen LogP contribution is -2.54. The van der Waals surface area contributed by atoms with E-state index in [4.69, 9.17) is 9.47 Å². The lowest BCUT2D eigenvalue weighted by Gasteiger charge is -2.26. The smallest absolute Gasteiger partial charge is 0.408 e. The van der Waals surface area contributed by atoms with E-state index in [0.717, 1.165) is 0 Å². The molecule has 0 spiro atoms. The Morgan fingerprint density at radius 1 is 0.676 bits per heavy atom. The number of ether oxygens (including phenoxy) is 2. The third-order valence-corrected chi connectivity index (χ3v) is 4.27. The van der Waals surface area contributed by atoms with Gasteiger partial charge in [-0.3, -0.25) is 9.59 Å². The van der Waals surface area contributed by atoms with Crippen molar-refractivity contribution in [3.63, 3.8) is 0 Å². The van der Waals surface area contributed by atoms with E-state index < -0.39 is 53.4 Å². The van der Waals surface area contributed by atoms with Crippen LogP contribution >= 0.6 is 0 Å². The van der Waals surface area contributed by atoms with Crippen molar-refractivity contribution in [2.24, 2.45) is 11.8 Å². The standard InChI is InChI=1S/C23H44N4O7/c1-13(2)16(26-20(31)33-22(5,6)7)18(29)24-11-15(28)12-25-19(30)17(14(3)4)27-21(32)34-23(8,9)10/h13-17,28H,11-12H2,1-10H3,(H,24,29)(H,25,30)(H,26,31)(H,27,32)/t16-,17-/m0/s1. The number of hydrogen-bond acceptors (Lipinski definition) is 7. The van der Waals surface area contributed by atoms with Crippen LogP contribution in [0.1, 0.15) is 69.2 Å². The van der Waals surface area contributed by atoms with Crippen LogP contribution in [0.15, 0.2) is 0 Å². The zero-order valence-electron chi connectivity index (χ0n) is 22.2. The summed E-state index contributed by atoms with van der Waals surface area (Å²) in [5.41, 5.74) is -1.41. The van der Waals surface area contributed by atoms with Gasteiger partial charge in [0.05, 0.1) is 6.10 Å². The van der Waals surface area contributed by atoms with Crippen molar-refractivity contribution in [2.45, 2.75) is 98.6 Å². The van der Waals surface area contributed by atoms with E-state index in [9.17, 15) is 24.3 Å². The van der Waals surface area contributed by atoms with E-state index in [1.165, 1.54) is 0 Å². The Balaban J connectivity index is 4.74. The predicted molar refractivity (Wildman–Crippen MR) is 128 cm³/mol. The van der Waals surface area contributed by atoms with E-state index in [2.05, 4.69) is 21.3 Å². The first-order valence-corrected chi connectivity index (χ1v) is 11.5. The molecule has 0 unspecified atom stereocenters. The fraction of sp³-hybridized carbons (Fsp3) is 0.826. The van der Waals surface area contributed by atoms with E-state index in [-0.39, 0.29) is 24.9 Å². The lowest BCUT2D eigenvalue weighted by atomic mass is 10.0. The summed E-state index contributed by atoms with van der Waals surface area (Å²) in [4.78, 5) is 49.1. The molecule has 0 aromatic heterocycles. The number of aliphatic hydroxyl groups excluding tert-OH is 1. The minimum Gasteiger partial charge on any atom is -0.444 e. The van der Waals surface area contributed by atoms with Gasteiger partial charge in [-0.15, -0.1) is 0 Å². The highest BCUT2D eigenvalue weighted by Crippen LogP contribution is 2.10. The van der Waals surface area contributed by atoms with Crippen LogP contribution in [0, 0.1) is 11.8 Å². The maximum atomic E-state index is 12.5. The molecular formula is C23H44N4O7. The maximum absolute atomic E-state index is 12.5. The van der Waals surface area contributed by atoms with Crippen LogP contribution in [0.25, 0.3) is 0 Å². The van der Waals surface area contributed by atoms with Gasteiger partial charge in [-0.05, 0) is 53.4 Å². The minimum atomic E-state index is -1.09. The Kier molecular flexibility index (Phi) is 12.4. The van der Waals surface area contributed by atoms with Gasteiger partial charge < -0.3 is 35.8 Å². The molecule has 0 fully saturated rings. The molecule has 0 heterocycles. The molecule has 11 nitrogen and oxygen atoms in total. The van der Waals surface area contributed by atoms with Gasteiger partial charge in [0.25, 0.3) is 0 Å². The summed E-state index contributed by atoms with van der Waals surface area (Å²) in [6, 6.07) is -1.72. The van der Waals surface area contributed by atoms with E-state index >= 15 is 0 Å². The Bertz CT molecular complexity index is 638. The number of rotatable bonds is 10. The van der Waals surface area contributed by atoms with Gasteiger partial charge in [0.2, 0.25) is 11.8 Å². The number of carbonyl (C=O) groups is 4. The minimum absolute atomic E-state index is 0.149. The van der Waals surface area contributed by atoms with Crippen LogP contribution in [0.3, 0.4) is 0 Å². The molecule has 0 bridgehead atoms. The highest BCUT2D eigenvalue weighted by molar-refractivity contribution is 5.86. The number of nitrogens with one attached hydrogen (secondary N) is 4. The molecule has 34 heavy (non-hydrogen) atoms. The van der Waals surface area contributed by atoms with Gasteiger partial charge in [-0.25, -0.2) is 9.59 Å². The molecule has 0 saturated heterocycles. The second-order valence-electron chi connectivity index (χ2n) is 10.9. The third-order valence-electron chi connectivity index (χ3n) is 4.27. The largest absolute Gasteiger partial charge is 0.444 e. The normalized spacial score (nSPS) is 13.8. The molecule has 0 rings (SSSR count). The van der Waals surface area contributed by atoms with Crippen molar-refractivity contribution in [1.82, 2.24) is 21.3 Å². The van der Waals surface area contributed by atoms with Crippen LogP contribution in [-0.4, -0.2) is 71.6 Å². The molecule has 0 aliphatic heterocycles. The molecule has 2 atom stereocenters. The molecule has 0 aliphatic rings. The van der Waals surface area contributed by atoms with Gasteiger partial charge in [0.1, 0.15) is 23.3 Å². The number of alkyl carbamates (subject to hydrolysis) is 2. The van der Waals surface area contributed by atoms with Crippen molar-refractivity contribution in [2.75, 3.05) is 13.1 Å². The summed E-state index contributed by atoms with van der Waals surface area (Å²) in [5.74, 6) is -1.43. The number of carbonyl (C=O) groups excluding carboxylic acids is 4. The summed E-state index contributed by atoms with van der Waals surface area (Å²) >= 11 is 0. The van der Waals surface area contributed by atoms with Crippen LogP contribution < -0.4 is 21.3 Å². The molecule has 0 aliphatic carbocycles. The Hall–Kier alpha value is -2.56. The monoisotopic (exact) mass is 488 g/mol. The number of amides is 4. The first-order chi connectivity index (χ1) is 15.3. The summed E-state index contributed by atoms with van der Waals surface area (Å²) in [7, 11) is 0.